The van der Waals surface area contributed by atoms with Crippen LogP contribution in [0.3, 0.4) is 0 Å². The number of halogens is 2. The molecule has 1 aromatic carbocycles. The molecule has 6 heteroatoms. The number of benzene rings is 1. The van der Waals surface area contributed by atoms with Gasteiger partial charge in [0.05, 0.1) is 5.69 Å². The summed E-state index contributed by atoms with van der Waals surface area (Å²) in [5.74, 6) is -0.172. The van der Waals surface area contributed by atoms with Crippen molar-refractivity contribution in [2.75, 3.05) is 0 Å². The van der Waals surface area contributed by atoms with Crippen LogP contribution in [0.2, 0.25) is 5.15 Å². The van der Waals surface area contributed by atoms with Gasteiger partial charge in [-0.3, -0.25) is 9.48 Å². The van der Waals surface area contributed by atoms with E-state index in [1.54, 1.807) is 17.8 Å². The van der Waals surface area contributed by atoms with Crippen molar-refractivity contribution in [2.45, 2.75) is 13.5 Å². The van der Waals surface area contributed by atoms with E-state index in [0.29, 0.717) is 11.7 Å². The highest BCUT2D eigenvalue weighted by Crippen LogP contribution is 2.19. The van der Waals surface area contributed by atoms with Gasteiger partial charge in [0, 0.05) is 29.7 Å². The third-order valence-electron chi connectivity index (χ3n) is 2.95. The number of nitrogens with one attached hydrogen (secondary N) is 1. The van der Waals surface area contributed by atoms with Gasteiger partial charge in [-0.25, -0.2) is 0 Å². The summed E-state index contributed by atoms with van der Waals surface area (Å²) in [6, 6.07) is 7.79. The van der Waals surface area contributed by atoms with Crippen LogP contribution < -0.4 is 5.32 Å². The van der Waals surface area contributed by atoms with E-state index in [-0.39, 0.29) is 5.91 Å². The second-order valence-corrected chi connectivity index (χ2v) is 5.87. The largest absolute Gasteiger partial charge is 0.348 e. The van der Waals surface area contributed by atoms with Gasteiger partial charge in [0.1, 0.15) is 5.15 Å². The first kappa shape index (κ1) is 15.8. The van der Waals surface area contributed by atoms with Gasteiger partial charge >= 0.3 is 0 Å². The van der Waals surface area contributed by atoms with Crippen LogP contribution in [0.4, 0.5) is 0 Å². The highest BCUT2D eigenvalue weighted by molar-refractivity contribution is 9.10. The molecule has 2 aromatic rings. The maximum Gasteiger partial charge on any atom is 0.244 e. The molecule has 110 valence electrons. The third-order valence-corrected chi connectivity index (χ3v) is 3.89. The zero-order chi connectivity index (χ0) is 15.4. The molecule has 2 rings (SSSR count). The lowest BCUT2D eigenvalue weighted by Crippen LogP contribution is -2.20. The number of amides is 1. The van der Waals surface area contributed by atoms with Crippen molar-refractivity contribution in [2.24, 2.45) is 7.05 Å². The molecule has 0 saturated heterocycles. The second kappa shape index (κ2) is 6.91. The van der Waals surface area contributed by atoms with Gasteiger partial charge in [-0.2, -0.15) is 5.10 Å². The molecule has 4 nitrogen and oxygen atoms in total. The average molecular weight is 369 g/mol. The minimum absolute atomic E-state index is 0.172. The lowest BCUT2D eigenvalue weighted by molar-refractivity contribution is -0.116. The van der Waals surface area contributed by atoms with Crippen molar-refractivity contribution in [3.05, 3.63) is 56.8 Å². The Morgan fingerprint density at radius 3 is 2.90 bits per heavy atom. The first-order valence-corrected chi connectivity index (χ1v) is 7.54. The molecule has 1 heterocycles. The van der Waals surface area contributed by atoms with Crippen molar-refractivity contribution in [1.29, 1.82) is 0 Å². The molecule has 1 amide bonds. The second-order valence-electron chi connectivity index (χ2n) is 4.59. The van der Waals surface area contributed by atoms with Crippen LogP contribution in [-0.4, -0.2) is 15.7 Å². The minimum Gasteiger partial charge on any atom is -0.348 e. The topological polar surface area (TPSA) is 46.9 Å². The number of aryl methyl sites for hydroxylation is 2. The molecule has 0 saturated carbocycles. The van der Waals surface area contributed by atoms with Crippen LogP contribution in [0, 0.1) is 6.92 Å². The summed E-state index contributed by atoms with van der Waals surface area (Å²) in [5.41, 5.74) is 2.58. The van der Waals surface area contributed by atoms with E-state index in [1.165, 1.54) is 6.08 Å². The van der Waals surface area contributed by atoms with E-state index < -0.39 is 0 Å². The van der Waals surface area contributed by atoms with Gasteiger partial charge in [0.2, 0.25) is 5.91 Å². The van der Waals surface area contributed by atoms with Crippen LogP contribution in [0.1, 0.15) is 16.8 Å². The molecule has 0 aliphatic rings. The van der Waals surface area contributed by atoms with Crippen molar-refractivity contribution in [1.82, 2.24) is 15.1 Å². The van der Waals surface area contributed by atoms with Crippen molar-refractivity contribution < 1.29 is 4.79 Å². The Balaban J connectivity index is 1.97. The molecule has 0 aliphatic carbocycles. The molecule has 0 aliphatic heterocycles. The fraction of sp³-hybridized carbons (Fsp3) is 0.200. The molecule has 0 bridgehead atoms. The van der Waals surface area contributed by atoms with E-state index in [4.69, 9.17) is 11.6 Å². The fourth-order valence-corrected chi connectivity index (χ4v) is 2.57. The Kier molecular flexibility index (Phi) is 5.20. The molecule has 0 fully saturated rings. The van der Waals surface area contributed by atoms with Crippen molar-refractivity contribution >= 4 is 39.5 Å². The Bertz CT molecular complexity index is 694. The number of hydrogen-bond acceptors (Lipinski definition) is 2. The van der Waals surface area contributed by atoms with E-state index in [1.807, 2.05) is 31.2 Å². The maximum absolute atomic E-state index is 11.8. The van der Waals surface area contributed by atoms with Crippen LogP contribution in [0.5, 0.6) is 0 Å². The maximum atomic E-state index is 11.8. The van der Waals surface area contributed by atoms with E-state index in [0.717, 1.165) is 21.3 Å². The predicted molar refractivity (Wildman–Crippen MR) is 88.0 cm³/mol. The Morgan fingerprint density at radius 1 is 1.52 bits per heavy atom. The highest BCUT2D eigenvalue weighted by Gasteiger charge is 2.08. The summed E-state index contributed by atoms with van der Waals surface area (Å²) in [6.45, 7) is 2.33. The number of rotatable bonds is 4. The molecule has 0 atom stereocenters. The van der Waals surface area contributed by atoms with E-state index >= 15 is 0 Å². The Hall–Kier alpha value is -1.59. The van der Waals surface area contributed by atoms with Gasteiger partial charge < -0.3 is 5.32 Å². The lowest BCUT2D eigenvalue weighted by atomic mass is 10.2. The third kappa shape index (κ3) is 4.19. The number of nitrogens with zero attached hydrogens (tertiary/aromatic N) is 2. The zero-order valence-corrected chi connectivity index (χ0v) is 14.1. The monoisotopic (exact) mass is 367 g/mol. The number of aromatic nitrogens is 2. The van der Waals surface area contributed by atoms with Crippen LogP contribution >= 0.6 is 27.5 Å². The van der Waals surface area contributed by atoms with Crippen molar-refractivity contribution in [3.8, 4) is 0 Å². The minimum atomic E-state index is -0.172. The average Bonchev–Trinajstić information content (AvgIpc) is 2.68. The molecular weight excluding hydrogens is 354 g/mol. The molecule has 0 unspecified atom stereocenters. The number of carbonyl (C=O) groups is 1. The summed E-state index contributed by atoms with van der Waals surface area (Å²) in [5, 5.41) is 7.53. The van der Waals surface area contributed by atoms with Gasteiger partial charge in [-0.15, -0.1) is 0 Å². The SMILES string of the molecule is Cc1nn(C)c(Cl)c1/C=C/C(=O)NCc1cccc(Br)c1. The van der Waals surface area contributed by atoms with Gasteiger partial charge in [0.15, 0.2) is 0 Å². The van der Waals surface area contributed by atoms with Crippen LogP contribution in [-0.2, 0) is 18.4 Å². The first-order valence-electron chi connectivity index (χ1n) is 6.37. The van der Waals surface area contributed by atoms with E-state index in [2.05, 4.69) is 26.3 Å². The fourth-order valence-electron chi connectivity index (χ4n) is 1.89. The molecule has 0 spiro atoms. The first-order chi connectivity index (χ1) is 9.97. The van der Waals surface area contributed by atoms with Crippen LogP contribution in [0.25, 0.3) is 6.08 Å². The smallest absolute Gasteiger partial charge is 0.244 e. The standard InChI is InChI=1S/C15H15BrClN3O/c1-10-13(15(17)20(2)19-10)6-7-14(21)18-9-11-4-3-5-12(16)8-11/h3-8H,9H2,1-2H3,(H,18,21)/b7-6+. The van der Waals surface area contributed by atoms with E-state index in [9.17, 15) is 4.79 Å². The van der Waals surface area contributed by atoms with Crippen LogP contribution in [0.15, 0.2) is 34.8 Å². The molecule has 21 heavy (non-hydrogen) atoms. The summed E-state index contributed by atoms with van der Waals surface area (Å²) in [4.78, 5) is 11.8. The molecule has 1 N–H and O–H groups in total. The quantitative estimate of drug-likeness (QED) is 0.840. The molecule has 1 aromatic heterocycles. The summed E-state index contributed by atoms with van der Waals surface area (Å²) in [7, 11) is 1.76. The Morgan fingerprint density at radius 2 is 2.29 bits per heavy atom. The lowest BCUT2D eigenvalue weighted by Gasteiger charge is -2.03. The number of hydrogen-bond donors (Lipinski definition) is 1. The number of carbonyl (C=O) groups excluding carboxylic acids is 1. The molecular formula is C15H15BrClN3O. The summed E-state index contributed by atoms with van der Waals surface area (Å²) in [6.07, 6.45) is 3.15. The normalized spacial score (nSPS) is 11.0. The summed E-state index contributed by atoms with van der Waals surface area (Å²) >= 11 is 9.50. The summed E-state index contributed by atoms with van der Waals surface area (Å²) < 4.78 is 2.57. The van der Waals surface area contributed by atoms with Gasteiger partial charge in [-0.05, 0) is 30.7 Å². The molecule has 0 radical (unpaired) electrons. The van der Waals surface area contributed by atoms with Crippen molar-refractivity contribution in [3.63, 3.8) is 0 Å². The van der Waals surface area contributed by atoms with Gasteiger partial charge in [-0.1, -0.05) is 39.7 Å². The van der Waals surface area contributed by atoms with Gasteiger partial charge in [0.25, 0.3) is 0 Å². The zero-order valence-electron chi connectivity index (χ0n) is 11.7. The Labute approximate surface area is 136 Å². The highest BCUT2D eigenvalue weighted by atomic mass is 79.9. The predicted octanol–water partition coefficient (Wildman–Crippen LogP) is 3.47.